The van der Waals surface area contributed by atoms with E-state index >= 15 is 0 Å². The van der Waals surface area contributed by atoms with Crippen molar-refractivity contribution >= 4 is 23.5 Å². The normalized spacial score (nSPS) is 10.2. The lowest BCUT2D eigenvalue weighted by Crippen LogP contribution is -2.28. The number of nitrogens with one attached hydrogen (secondary N) is 1. The molecule has 2 aromatic carbocycles. The first-order chi connectivity index (χ1) is 11.1. The van der Waals surface area contributed by atoms with Gasteiger partial charge < -0.3 is 10.1 Å². The summed E-state index contributed by atoms with van der Waals surface area (Å²) in [6.07, 6.45) is 0.905. The molecule has 0 aromatic heterocycles. The number of hydrogen-bond donors (Lipinski definition) is 1. The standard InChI is InChI=1S/C18H18ClNO3/c1-2-13-3-7-15(8-4-13)18(22)23-12-17(21)20-11-14-5-9-16(19)10-6-14/h3-10H,2,11-12H2,1H3,(H,20,21). The molecule has 0 fully saturated rings. The van der Waals surface area contributed by atoms with Gasteiger partial charge in [0.1, 0.15) is 0 Å². The van der Waals surface area contributed by atoms with Crippen molar-refractivity contribution in [2.24, 2.45) is 0 Å². The van der Waals surface area contributed by atoms with Crippen molar-refractivity contribution in [3.8, 4) is 0 Å². The monoisotopic (exact) mass is 331 g/mol. The topological polar surface area (TPSA) is 55.4 Å². The van der Waals surface area contributed by atoms with Gasteiger partial charge >= 0.3 is 5.97 Å². The number of aryl methyl sites for hydroxylation is 1. The minimum atomic E-state index is -0.505. The molecule has 0 bridgehead atoms. The predicted molar refractivity (Wildman–Crippen MR) is 89.4 cm³/mol. The first-order valence-electron chi connectivity index (χ1n) is 7.35. The Kier molecular flexibility index (Phi) is 6.18. The Balaban J connectivity index is 1.76. The van der Waals surface area contributed by atoms with E-state index in [9.17, 15) is 9.59 Å². The van der Waals surface area contributed by atoms with Gasteiger partial charge in [0, 0.05) is 11.6 Å². The fourth-order valence-electron chi connectivity index (χ4n) is 1.94. The van der Waals surface area contributed by atoms with Crippen molar-refractivity contribution in [3.63, 3.8) is 0 Å². The van der Waals surface area contributed by atoms with Gasteiger partial charge in [-0.05, 0) is 41.8 Å². The summed E-state index contributed by atoms with van der Waals surface area (Å²) in [5, 5.41) is 3.33. The maximum absolute atomic E-state index is 11.8. The van der Waals surface area contributed by atoms with Gasteiger partial charge in [-0.2, -0.15) is 0 Å². The quantitative estimate of drug-likeness (QED) is 0.826. The van der Waals surface area contributed by atoms with Crippen molar-refractivity contribution in [2.75, 3.05) is 6.61 Å². The third kappa shape index (κ3) is 5.42. The zero-order valence-corrected chi connectivity index (χ0v) is 13.6. The highest BCUT2D eigenvalue weighted by Gasteiger charge is 2.10. The van der Waals surface area contributed by atoms with Crippen LogP contribution in [0.1, 0.15) is 28.4 Å². The number of halogens is 1. The molecule has 5 heteroatoms. The summed E-state index contributed by atoms with van der Waals surface area (Å²) in [5.74, 6) is -0.854. The summed E-state index contributed by atoms with van der Waals surface area (Å²) in [6.45, 7) is 2.10. The van der Waals surface area contributed by atoms with Crippen LogP contribution in [0.2, 0.25) is 5.02 Å². The highest BCUT2D eigenvalue weighted by atomic mass is 35.5. The molecule has 0 unspecified atom stereocenters. The Bertz CT molecular complexity index is 666. The van der Waals surface area contributed by atoms with Crippen LogP contribution < -0.4 is 5.32 Å². The molecule has 0 saturated heterocycles. The molecule has 0 aliphatic rings. The molecule has 1 N–H and O–H groups in total. The average molecular weight is 332 g/mol. The van der Waals surface area contributed by atoms with Gasteiger partial charge in [0.15, 0.2) is 6.61 Å². The molecule has 1 amide bonds. The van der Waals surface area contributed by atoms with Crippen LogP contribution in [0.5, 0.6) is 0 Å². The van der Waals surface area contributed by atoms with Crippen molar-refractivity contribution in [1.29, 1.82) is 0 Å². The lowest BCUT2D eigenvalue weighted by Gasteiger charge is -2.07. The molecule has 2 aromatic rings. The number of carbonyl (C=O) groups excluding carboxylic acids is 2. The van der Waals surface area contributed by atoms with E-state index in [0.29, 0.717) is 17.1 Å². The Morgan fingerprint density at radius 1 is 1.00 bits per heavy atom. The molecule has 2 rings (SSSR count). The van der Waals surface area contributed by atoms with Gasteiger partial charge in [0.2, 0.25) is 0 Å². The first kappa shape index (κ1) is 17.0. The molecule has 0 spiro atoms. The lowest BCUT2D eigenvalue weighted by molar-refractivity contribution is -0.124. The van der Waals surface area contributed by atoms with Crippen molar-refractivity contribution in [2.45, 2.75) is 19.9 Å². The van der Waals surface area contributed by atoms with E-state index in [4.69, 9.17) is 16.3 Å². The molecule has 0 radical (unpaired) electrons. The number of carbonyl (C=O) groups is 2. The van der Waals surface area contributed by atoms with Gasteiger partial charge in [0.25, 0.3) is 5.91 Å². The molecule has 0 aliphatic carbocycles. The van der Waals surface area contributed by atoms with Crippen molar-refractivity contribution in [1.82, 2.24) is 5.32 Å². The maximum atomic E-state index is 11.8. The summed E-state index contributed by atoms with van der Waals surface area (Å²) in [7, 11) is 0. The Labute approximate surface area is 140 Å². The van der Waals surface area contributed by atoms with E-state index in [0.717, 1.165) is 17.5 Å². The van der Waals surface area contributed by atoms with Crippen LogP contribution in [-0.4, -0.2) is 18.5 Å². The molecule has 120 valence electrons. The van der Waals surface area contributed by atoms with Gasteiger partial charge in [0.05, 0.1) is 5.56 Å². The highest BCUT2D eigenvalue weighted by Crippen LogP contribution is 2.09. The number of benzene rings is 2. The zero-order chi connectivity index (χ0) is 16.7. The Morgan fingerprint density at radius 2 is 1.61 bits per heavy atom. The largest absolute Gasteiger partial charge is 0.452 e. The minimum absolute atomic E-state index is 0.304. The SMILES string of the molecule is CCc1ccc(C(=O)OCC(=O)NCc2ccc(Cl)cc2)cc1. The third-order valence-corrected chi connectivity index (χ3v) is 3.59. The Morgan fingerprint density at radius 3 is 2.22 bits per heavy atom. The Hall–Kier alpha value is -2.33. The number of esters is 1. The van der Waals surface area contributed by atoms with E-state index in [1.807, 2.05) is 31.2 Å². The second-order valence-electron chi connectivity index (χ2n) is 5.03. The number of amides is 1. The maximum Gasteiger partial charge on any atom is 0.338 e. The van der Waals surface area contributed by atoms with Crippen LogP contribution in [-0.2, 0) is 22.5 Å². The molecule has 0 heterocycles. The predicted octanol–water partition coefficient (Wildman–Crippen LogP) is 3.38. The van der Waals surface area contributed by atoms with Gasteiger partial charge in [-0.15, -0.1) is 0 Å². The summed E-state index contributed by atoms with van der Waals surface area (Å²) in [4.78, 5) is 23.5. The van der Waals surface area contributed by atoms with Crippen LogP contribution in [0.4, 0.5) is 0 Å². The van der Waals surface area contributed by atoms with Crippen LogP contribution in [0, 0.1) is 0 Å². The van der Waals surface area contributed by atoms with Gasteiger partial charge in [-0.3, -0.25) is 4.79 Å². The van der Waals surface area contributed by atoms with Crippen LogP contribution in [0.25, 0.3) is 0 Å². The fraction of sp³-hybridized carbons (Fsp3) is 0.222. The number of ether oxygens (including phenoxy) is 1. The summed E-state index contributed by atoms with van der Waals surface area (Å²) in [5.41, 5.74) is 2.50. The van der Waals surface area contributed by atoms with Gasteiger partial charge in [-0.1, -0.05) is 42.8 Å². The smallest absolute Gasteiger partial charge is 0.338 e. The molecule has 23 heavy (non-hydrogen) atoms. The van der Waals surface area contributed by atoms with Crippen LogP contribution in [0.3, 0.4) is 0 Å². The molecule has 0 atom stereocenters. The first-order valence-corrected chi connectivity index (χ1v) is 7.73. The van der Waals surface area contributed by atoms with E-state index in [1.165, 1.54) is 0 Å². The van der Waals surface area contributed by atoms with E-state index < -0.39 is 5.97 Å². The average Bonchev–Trinajstić information content (AvgIpc) is 2.59. The molecular weight excluding hydrogens is 314 g/mol. The van der Waals surface area contributed by atoms with E-state index in [1.54, 1.807) is 24.3 Å². The summed E-state index contributed by atoms with van der Waals surface area (Å²) >= 11 is 5.79. The van der Waals surface area contributed by atoms with Gasteiger partial charge in [-0.25, -0.2) is 4.79 Å². The minimum Gasteiger partial charge on any atom is -0.452 e. The van der Waals surface area contributed by atoms with Crippen LogP contribution in [0.15, 0.2) is 48.5 Å². The van der Waals surface area contributed by atoms with Crippen molar-refractivity contribution in [3.05, 3.63) is 70.2 Å². The zero-order valence-electron chi connectivity index (χ0n) is 12.8. The summed E-state index contributed by atoms with van der Waals surface area (Å²) < 4.78 is 5.00. The second-order valence-corrected chi connectivity index (χ2v) is 5.47. The summed E-state index contributed by atoms with van der Waals surface area (Å²) in [6, 6.07) is 14.3. The van der Waals surface area contributed by atoms with E-state index in [-0.39, 0.29) is 12.5 Å². The second kappa shape index (κ2) is 8.34. The highest BCUT2D eigenvalue weighted by molar-refractivity contribution is 6.30. The fourth-order valence-corrected chi connectivity index (χ4v) is 2.07. The third-order valence-electron chi connectivity index (χ3n) is 3.34. The van der Waals surface area contributed by atoms with E-state index in [2.05, 4.69) is 5.32 Å². The molecular formula is C18H18ClNO3. The lowest BCUT2D eigenvalue weighted by atomic mass is 10.1. The molecule has 0 saturated carbocycles. The van der Waals surface area contributed by atoms with Crippen molar-refractivity contribution < 1.29 is 14.3 Å². The van der Waals surface area contributed by atoms with Crippen LogP contribution >= 0.6 is 11.6 Å². The number of hydrogen-bond acceptors (Lipinski definition) is 3. The number of rotatable bonds is 6. The molecule has 0 aliphatic heterocycles. The molecule has 4 nitrogen and oxygen atoms in total.